The van der Waals surface area contributed by atoms with Crippen LogP contribution in [0.3, 0.4) is 0 Å². The maximum atomic E-state index is 13.4. The molecule has 0 atom stereocenters. The molecule has 28 heavy (non-hydrogen) atoms. The number of amides is 1. The van der Waals surface area contributed by atoms with Gasteiger partial charge >= 0.3 is 6.18 Å². The van der Waals surface area contributed by atoms with Gasteiger partial charge < -0.3 is 14.5 Å². The minimum Gasteiger partial charge on any atom is -0.497 e. The molecule has 1 fully saturated rings. The minimum atomic E-state index is -4.60. The maximum Gasteiger partial charge on any atom is 0.417 e. The van der Waals surface area contributed by atoms with Gasteiger partial charge in [0.25, 0.3) is 0 Å². The number of alkyl halides is 3. The van der Waals surface area contributed by atoms with Crippen molar-refractivity contribution in [2.45, 2.75) is 6.18 Å². The van der Waals surface area contributed by atoms with Crippen LogP contribution in [0.15, 0.2) is 60.7 Å². The van der Waals surface area contributed by atoms with Crippen molar-refractivity contribution >= 4 is 17.2 Å². The summed E-state index contributed by atoms with van der Waals surface area (Å²) < 4.78 is 45.4. The molecule has 2 aromatic rings. The highest BCUT2D eigenvalue weighted by Gasteiger charge is 2.36. The van der Waals surface area contributed by atoms with Gasteiger partial charge in [0.05, 0.1) is 12.7 Å². The highest BCUT2D eigenvalue weighted by Crippen LogP contribution is 2.34. The summed E-state index contributed by atoms with van der Waals surface area (Å²) in [6.07, 6.45) is -3.89. The summed E-state index contributed by atoms with van der Waals surface area (Å²) >= 11 is 0. The molecule has 1 saturated heterocycles. The molecule has 0 spiro atoms. The van der Waals surface area contributed by atoms with E-state index < -0.39 is 17.7 Å². The number of benzene rings is 2. The fraction of sp³-hybridized carbons (Fsp3) is 0.286. The Morgan fingerprint density at radius 2 is 1.57 bits per heavy atom. The predicted octanol–water partition coefficient (Wildman–Crippen LogP) is 3.99. The zero-order valence-corrected chi connectivity index (χ0v) is 15.4. The molecule has 1 heterocycles. The van der Waals surface area contributed by atoms with Gasteiger partial charge in [-0.15, -0.1) is 0 Å². The molecule has 0 N–H and O–H groups in total. The second kappa shape index (κ2) is 8.37. The molecule has 4 nitrogen and oxygen atoms in total. The van der Waals surface area contributed by atoms with Crippen molar-refractivity contribution in [1.82, 2.24) is 4.90 Å². The Balaban J connectivity index is 1.69. The van der Waals surface area contributed by atoms with E-state index in [1.165, 1.54) is 29.2 Å². The van der Waals surface area contributed by atoms with Gasteiger partial charge in [-0.25, -0.2) is 0 Å². The largest absolute Gasteiger partial charge is 0.497 e. The Bertz CT molecular complexity index is 825. The minimum absolute atomic E-state index is 0.0137. The SMILES string of the molecule is COc1ccc(N2CCN(C(=O)/C=C(/c3ccccc3)C(F)(F)F)CC2)cc1. The van der Waals surface area contributed by atoms with Crippen molar-refractivity contribution in [3.63, 3.8) is 0 Å². The number of hydrogen-bond acceptors (Lipinski definition) is 3. The van der Waals surface area contributed by atoms with Crippen LogP contribution in [0, 0.1) is 0 Å². The summed E-state index contributed by atoms with van der Waals surface area (Å²) in [4.78, 5) is 16.0. The highest BCUT2D eigenvalue weighted by molar-refractivity contribution is 5.96. The lowest BCUT2D eigenvalue weighted by Gasteiger charge is -2.35. The number of methoxy groups -OCH3 is 1. The Morgan fingerprint density at radius 3 is 2.11 bits per heavy atom. The van der Waals surface area contributed by atoms with E-state index in [0.717, 1.165) is 11.4 Å². The Labute approximate surface area is 161 Å². The number of carbonyl (C=O) groups is 1. The van der Waals surface area contributed by atoms with Crippen molar-refractivity contribution in [3.05, 3.63) is 66.2 Å². The number of halogens is 3. The van der Waals surface area contributed by atoms with E-state index in [2.05, 4.69) is 4.90 Å². The smallest absolute Gasteiger partial charge is 0.417 e. The standard InChI is InChI=1S/C21H21F3N2O2/c1-28-18-9-7-17(8-10-18)25-11-13-26(14-12-25)20(27)15-19(21(22,23)24)16-5-3-2-4-6-16/h2-10,15H,11-14H2,1H3/b19-15-. The van der Waals surface area contributed by atoms with Gasteiger partial charge in [0.2, 0.25) is 5.91 Å². The summed E-state index contributed by atoms with van der Waals surface area (Å²) in [7, 11) is 1.59. The van der Waals surface area contributed by atoms with E-state index in [1.807, 2.05) is 24.3 Å². The topological polar surface area (TPSA) is 32.8 Å². The third-order valence-corrected chi connectivity index (χ3v) is 4.69. The lowest BCUT2D eigenvalue weighted by molar-refractivity contribution is -0.126. The third-order valence-electron chi connectivity index (χ3n) is 4.69. The normalized spacial score (nSPS) is 15.5. The van der Waals surface area contributed by atoms with Crippen LogP contribution in [-0.4, -0.2) is 50.3 Å². The number of hydrogen-bond donors (Lipinski definition) is 0. The molecular formula is C21H21F3N2O2. The van der Waals surface area contributed by atoms with Crippen molar-refractivity contribution < 1.29 is 22.7 Å². The summed E-state index contributed by atoms with van der Waals surface area (Å²) in [5, 5.41) is 0. The van der Waals surface area contributed by atoms with Crippen molar-refractivity contribution in [3.8, 4) is 5.75 Å². The molecule has 2 aromatic carbocycles. The third kappa shape index (κ3) is 4.65. The fourth-order valence-corrected chi connectivity index (χ4v) is 3.14. The van der Waals surface area contributed by atoms with E-state index in [-0.39, 0.29) is 5.56 Å². The van der Waals surface area contributed by atoms with E-state index in [9.17, 15) is 18.0 Å². The van der Waals surface area contributed by atoms with Gasteiger partial charge in [-0.05, 0) is 29.8 Å². The lowest BCUT2D eigenvalue weighted by atomic mass is 10.0. The molecule has 1 aliphatic heterocycles. The summed E-state index contributed by atoms with van der Waals surface area (Å²) in [5.41, 5.74) is 0.0552. The average Bonchev–Trinajstić information content (AvgIpc) is 2.72. The van der Waals surface area contributed by atoms with Crippen LogP contribution in [0.2, 0.25) is 0 Å². The van der Waals surface area contributed by atoms with Crippen LogP contribution in [0.25, 0.3) is 5.57 Å². The summed E-state index contributed by atoms with van der Waals surface area (Å²) in [5.74, 6) is 0.133. The molecule has 0 bridgehead atoms. The molecular weight excluding hydrogens is 369 g/mol. The number of allylic oxidation sites excluding steroid dienone is 1. The monoisotopic (exact) mass is 390 g/mol. The first kappa shape index (κ1) is 19.8. The zero-order valence-electron chi connectivity index (χ0n) is 15.4. The van der Waals surface area contributed by atoms with E-state index in [4.69, 9.17) is 4.74 Å². The maximum absolute atomic E-state index is 13.4. The van der Waals surface area contributed by atoms with Gasteiger partial charge in [0.1, 0.15) is 5.75 Å². The van der Waals surface area contributed by atoms with Crippen LogP contribution >= 0.6 is 0 Å². The van der Waals surface area contributed by atoms with Crippen LogP contribution in [0.1, 0.15) is 5.56 Å². The number of piperazine rings is 1. The van der Waals surface area contributed by atoms with Crippen LogP contribution in [-0.2, 0) is 4.79 Å². The van der Waals surface area contributed by atoms with Gasteiger partial charge in [-0.3, -0.25) is 4.79 Å². The molecule has 0 saturated carbocycles. The summed E-state index contributed by atoms with van der Waals surface area (Å²) in [6.45, 7) is 1.83. The Morgan fingerprint density at radius 1 is 0.964 bits per heavy atom. The van der Waals surface area contributed by atoms with Crippen LogP contribution in [0.4, 0.5) is 18.9 Å². The molecule has 0 aliphatic carbocycles. The van der Waals surface area contributed by atoms with Crippen molar-refractivity contribution in [1.29, 1.82) is 0 Å². The molecule has 7 heteroatoms. The average molecular weight is 390 g/mol. The first-order valence-corrected chi connectivity index (χ1v) is 8.90. The predicted molar refractivity (Wildman–Crippen MR) is 102 cm³/mol. The number of anilines is 1. The molecule has 3 rings (SSSR count). The second-order valence-electron chi connectivity index (χ2n) is 6.43. The van der Waals surface area contributed by atoms with Gasteiger partial charge in [0.15, 0.2) is 0 Å². The number of rotatable bonds is 4. The first-order chi connectivity index (χ1) is 13.4. The number of nitrogens with zero attached hydrogens (tertiary/aromatic N) is 2. The number of carbonyl (C=O) groups excluding carboxylic acids is 1. The first-order valence-electron chi connectivity index (χ1n) is 8.90. The Hall–Kier alpha value is -2.96. The lowest BCUT2D eigenvalue weighted by Crippen LogP contribution is -2.48. The number of ether oxygens (including phenoxy) is 1. The highest BCUT2D eigenvalue weighted by atomic mass is 19.4. The van der Waals surface area contributed by atoms with Crippen molar-refractivity contribution in [2.24, 2.45) is 0 Å². The van der Waals surface area contributed by atoms with Crippen molar-refractivity contribution in [2.75, 3.05) is 38.2 Å². The Kier molecular flexibility index (Phi) is 5.92. The van der Waals surface area contributed by atoms with Crippen LogP contribution < -0.4 is 9.64 Å². The molecule has 1 aliphatic rings. The zero-order chi connectivity index (χ0) is 20.1. The molecule has 0 unspecified atom stereocenters. The van der Waals surface area contributed by atoms with E-state index in [0.29, 0.717) is 32.3 Å². The molecule has 0 radical (unpaired) electrons. The van der Waals surface area contributed by atoms with E-state index in [1.54, 1.807) is 13.2 Å². The van der Waals surface area contributed by atoms with Crippen LogP contribution in [0.5, 0.6) is 5.75 Å². The summed E-state index contributed by atoms with van der Waals surface area (Å²) in [6, 6.07) is 14.9. The quantitative estimate of drug-likeness (QED) is 0.740. The molecule has 148 valence electrons. The van der Waals surface area contributed by atoms with Gasteiger partial charge in [0, 0.05) is 37.9 Å². The second-order valence-corrected chi connectivity index (χ2v) is 6.43. The molecule has 0 aromatic heterocycles. The fourth-order valence-electron chi connectivity index (χ4n) is 3.14. The van der Waals surface area contributed by atoms with Gasteiger partial charge in [-0.1, -0.05) is 30.3 Å². The molecule has 1 amide bonds. The van der Waals surface area contributed by atoms with E-state index >= 15 is 0 Å². The van der Waals surface area contributed by atoms with Gasteiger partial charge in [-0.2, -0.15) is 13.2 Å².